The molecule has 0 bridgehead atoms. The quantitative estimate of drug-likeness (QED) is 0.541. The van der Waals surface area contributed by atoms with Crippen molar-refractivity contribution in [3.8, 4) is 5.69 Å². The van der Waals surface area contributed by atoms with Crippen LogP contribution in [0, 0.1) is 0 Å². The van der Waals surface area contributed by atoms with Gasteiger partial charge in [-0.3, -0.25) is 19.2 Å². The predicted molar refractivity (Wildman–Crippen MR) is 133 cm³/mol. The molecule has 33 heavy (non-hydrogen) atoms. The van der Waals surface area contributed by atoms with Crippen LogP contribution in [0.2, 0.25) is 0 Å². The summed E-state index contributed by atoms with van der Waals surface area (Å²) >= 11 is 3.54. The Labute approximate surface area is 201 Å². The second-order valence-electron chi connectivity index (χ2n) is 8.95. The number of likely N-dealkylation sites (tertiary alicyclic amines) is 1. The van der Waals surface area contributed by atoms with E-state index in [1.165, 1.54) is 0 Å². The van der Waals surface area contributed by atoms with Crippen LogP contribution >= 0.6 is 15.9 Å². The molecule has 3 aromatic rings. The molecular weight excluding hydrogens is 482 g/mol. The number of benzene rings is 2. The number of para-hydroxylation sites is 2. The number of likely N-dealkylation sites (N-methyl/N-ethyl adjacent to an activating group) is 1. The number of rotatable bonds is 4. The zero-order valence-electron chi connectivity index (χ0n) is 18.9. The van der Waals surface area contributed by atoms with Gasteiger partial charge < -0.3 is 9.80 Å². The van der Waals surface area contributed by atoms with Crippen LogP contribution in [0.4, 0.5) is 5.69 Å². The third-order valence-corrected chi connectivity index (χ3v) is 7.86. The van der Waals surface area contributed by atoms with E-state index in [-0.39, 0.29) is 11.5 Å². The largest absolute Gasteiger partial charge is 0.339 e. The average molecular weight is 510 g/mol. The van der Waals surface area contributed by atoms with Gasteiger partial charge in [-0.05, 0) is 53.0 Å². The molecule has 3 heterocycles. The first-order valence-corrected chi connectivity index (χ1v) is 12.0. The highest BCUT2D eigenvalue weighted by Gasteiger charge is 2.52. The monoisotopic (exact) mass is 509 g/mol. The summed E-state index contributed by atoms with van der Waals surface area (Å²) < 4.78 is 4.21. The molecule has 2 fully saturated rings. The lowest BCUT2D eigenvalue weighted by atomic mass is 9.85. The molecule has 1 spiro atoms. The number of hydrogen-bond donors (Lipinski definition) is 0. The molecule has 2 saturated heterocycles. The minimum absolute atomic E-state index is 0.0602. The number of piperidine rings is 1. The molecule has 0 unspecified atom stereocenters. The number of nitrogens with zero attached hydrogens (tertiary/aromatic N) is 5. The maximum Gasteiger partial charge on any atom is 0.286 e. The zero-order chi connectivity index (χ0) is 23.2. The van der Waals surface area contributed by atoms with Gasteiger partial charge >= 0.3 is 0 Å². The normalized spacial score (nSPS) is 18.5. The molecule has 2 aromatic carbocycles. The fourth-order valence-corrected chi connectivity index (χ4v) is 5.79. The van der Waals surface area contributed by atoms with Gasteiger partial charge in [0, 0.05) is 39.4 Å². The molecule has 2 aliphatic rings. The molecule has 5 rings (SSSR count). The number of halogens is 1. The van der Waals surface area contributed by atoms with E-state index in [2.05, 4.69) is 37.9 Å². The van der Waals surface area contributed by atoms with E-state index in [0.717, 1.165) is 43.0 Å². The molecule has 172 valence electrons. The summed E-state index contributed by atoms with van der Waals surface area (Å²) in [5, 5.41) is 0. The van der Waals surface area contributed by atoms with Crippen molar-refractivity contribution in [1.29, 1.82) is 0 Å². The fourth-order valence-electron chi connectivity index (χ4n) is 5.24. The minimum Gasteiger partial charge on any atom is -0.339 e. The number of aromatic nitrogens is 2. The minimum atomic E-state index is -0.494. The lowest BCUT2D eigenvalue weighted by Gasteiger charge is -2.43. The molecule has 8 heteroatoms. The average Bonchev–Trinajstić information content (AvgIpc) is 3.21. The van der Waals surface area contributed by atoms with E-state index in [4.69, 9.17) is 0 Å². The summed E-state index contributed by atoms with van der Waals surface area (Å²) in [6.45, 7) is 2.85. The van der Waals surface area contributed by atoms with Crippen molar-refractivity contribution < 1.29 is 4.79 Å². The Morgan fingerprint density at radius 1 is 0.879 bits per heavy atom. The van der Waals surface area contributed by atoms with E-state index >= 15 is 0 Å². The summed E-state index contributed by atoms with van der Waals surface area (Å²) in [4.78, 5) is 32.7. The van der Waals surface area contributed by atoms with Crippen molar-refractivity contribution in [1.82, 2.24) is 19.2 Å². The van der Waals surface area contributed by atoms with Gasteiger partial charge in [0.1, 0.15) is 10.0 Å². The predicted octanol–water partition coefficient (Wildman–Crippen LogP) is 3.21. The highest BCUT2D eigenvalue weighted by Crippen LogP contribution is 2.39. The van der Waals surface area contributed by atoms with Crippen LogP contribution in [-0.4, -0.2) is 57.4 Å². The fraction of sp³-hybridized carbons (Fsp3) is 0.360. The van der Waals surface area contributed by atoms with Crippen molar-refractivity contribution in [2.24, 2.45) is 7.05 Å². The second kappa shape index (κ2) is 8.50. The highest BCUT2D eigenvalue weighted by atomic mass is 79.9. The van der Waals surface area contributed by atoms with Gasteiger partial charge in [-0.2, -0.15) is 0 Å². The van der Waals surface area contributed by atoms with Crippen LogP contribution in [0.15, 0.2) is 69.9 Å². The molecule has 0 radical (unpaired) electrons. The summed E-state index contributed by atoms with van der Waals surface area (Å²) in [6, 6.07) is 19.9. The van der Waals surface area contributed by atoms with E-state index < -0.39 is 5.54 Å². The van der Waals surface area contributed by atoms with Crippen LogP contribution in [0.1, 0.15) is 18.5 Å². The van der Waals surface area contributed by atoms with Gasteiger partial charge in [-0.25, -0.2) is 4.68 Å². The van der Waals surface area contributed by atoms with E-state index in [1.807, 2.05) is 72.2 Å². The Morgan fingerprint density at radius 3 is 2.06 bits per heavy atom. The highest BCUT2D eigenvalue weighted by molar-refractivity contribution is 9.10. The maximum atomic E-state index is 13.3. The standard InChI is InChI=1S/C25H28BrN5O2/c1-27-18-30(19-9-5-3-6-10-19)25(24(27)33)13-15-29(16-14-25)17-21-22(26)23(32)31(28(21)2)20-11-7-4-8-12-20/h3-12H,13-18H2,1-2H3. The maximum absolute atomic E-state index is 13.3. The van der Waals surface area contributed by atoms with Gasteiger partial charge in [0.25, 0.3) is 5.56 Å². The molecule has 1 amide bonds. The molecule has 7 nitrogen and oxygen atoms in total. The molecule has 0 atom stereocenters. The third kappa shape index (κ3) is 3.61. The van der Waals surface area contributed by atoms with Gasteiger partial charge in [0.2, 0.25) is 5.91 Å². The second-order valence-corrected chi connectivity index (χ2v) is 9.75. The Hall–Kier alpha value is -2.84. The molecule has 0 aliphatic carbocycles. The smallest absolute Gasteiger partial charge is 0.286 e. The Morgan fingerprint density at radius 2 is 1.45 bits per heavy atom. The molecule has 1 aromatic heterocycles. The number of anilines is 1. The zero-order valence-corrected chi connectivity index (χ0v) is 20.5. The number of carbonyl (C=O) groups is 1. The van der Waals surface area contributed by atoms with Crippen LogP contribution < -0.4 is 10.5 Å². The molecule has 2 aliphatic heterocycles. The van der Waals surface area contributed by atoms with Crippen LogP contribution in [0.3, 0.4) is 0 Å². The Bertz CT molecular complexity index is 1210. The first-order chi connectivity index (χ1) is 15.9. The van der Waals surface area contributed by atoms with Gasteiger partial charge in [0.15, 0.2) is 0 Å². The molecule has 0 saturated carbocycles. The SMILES string of the molecule is CN1CN(c2ccccc2)C2(CCN(Cc3c(Br)c(=O)n(-c4ccccc4)n3C)CC2)C1=O. The van der Waals surface area contributed by atoms with Gasteiger partial charge in [0.05, 0.1) is 18.1 Å². The van der Waals surface area contributed by atoms with E-state index in [9.17, 15) is 9.59 Å². The van der Waals surface area contributed by atoms with E-state index in [1.54, 1.807) is 4.68 Å². The lowest BCUT2D eigenvalue weighted by Crippen LogP contribution is -2.56. The molecule has 0 N–H and O–H groups in total. The first kappa shape index (κ1) is 22.0. The topological polar surface area (TPSA) is 53.7 Å². The lowest BCUT2D eigenvalue weighted by molar-refractivity contribution is -0.132. The third-order valence-electron chi connectivity index (χ3n) is 7.06. The number of amides is 1. The van der Waals surface area contributed by atoms with Crippen LogP contribution in [0.5, 0.6) is 0 Å². The summed E-state index contributed by atoms with van der Waals surface area (Å²) in [5.41, 5.74) is 2.32. The van der Waals surface area contributed by atoms with Gasteiger partial charge in [-0.15, -0.1) is 0 Å². The van der Waals surface area contributed by atoms with Crippen molar-refractivity contribution in [2.45, 2.75) is 24.9 Å². The summed E-state index contributed by atoms with van der Waals surface area (Å²) in [6.07, 6.45) is 1.52. The summed E-state index contributed by atoms with van der Waals surface area (Å²) in [5.74, 6) is 0.204. The van der Waals surface area contributed by atoms with Crippen LogP contribution in [-0.2, 0) is 18.4 Å². The van der Waals surface area contributed by atoms with Crippen molar-refractivity contribution in [2.75, 3.05) is 31.7 Å². The van der Waals surface area contributed by atoms with Crippen molar-refractivity contribution >= 4 is 27.5 Å². The van der Waals surface area contributed by atoms with Crippen LogP contribution in [0.25, 0.3) is 5.69 Å². The number of carbonyl (C=O) groups excluding carboxylic acids is 1. The Balaban J connectivity index is 1.37. The van der Waals surface area contributed by atoms with Crippen molar-refractivity contribution in [3.63, 3.8) is 0 Å². The van der Waals surface area contributed by atoms with Crippen molar-refractivity contribution in [3.05, 3.63) is 81.2 Å². The Kier molecular flexibility index (Phi) is 5.66. The number of hydrogen-bond acceptors (Lipinski definition) is 4. The van der Waals surface area contributed by atoms with E-state index in [0.29, 0.717) is 17.7 Å². The summed E-state index contributed by atoms with van der Waals surface area (Å²) in [7, 11) is 3.81. The molecular formula is C25H28BrN5O2. The first-order valence-electron chi connectivity index (χ1n) is 11.2. The van der Waals surface area contributed by atoms with Gasteiger partial charge in [-0.1, -0.05) is 36.4 Å².